The molecular weight excluding hydrogens is 530 g/mol. The highest BCUT2D eigenvalue weighted by Gasteiger charge is 2.63. The summed E-state index contributed by atoms with van der Waals surface area (Å²) < 4.78 is 6.00. The molecule has 5 N–H and O–H groups in total. The number of nitrogens with one attached hydrogen (secondary N) is 1. The molecule has 0 bridgehead atoms. The van der Waals surface area contributed by atoms with Crippen LogP contribution in [0.2, 0.25) is 0 Å². The van der Waals surface area contributed by atoms with Crippen LogP contribution in [-0.2, 0) is 9.53 Å². The van der Waals surface area contributed by atoms with E-state index in [-0.39, 0.29) is 11.3 Å². The molecule has 4 saturated carbocycles. The van der Waals surface area contributed by atoms with Gasteiger partial charge in [-0.25, -0.2) is 0 Å². The summed E-state index contributed by atoms with van der Waals surface area (Å²) in [4.78, 5) is 11.6. The summed E-state index contributed by atoms with van der Waals surface area (Å²) in [7, 11) is 0. The van der Waals surface area contributed by atoms with Gasteiger partial charge in [-0.05, 0) is 116 Å². The number of hydrogen-bond acceptors (Lipinski definition) is 6. The van der Waals surface area contributed by atoms with Crippen LogP contribution in [0.25, 0.3) is 0 Å². The quantitative estimate of drug-likeness (QED) is 0.270. The Balaban J connectivity index is 1.28. The fourth-order valence-electron chi connectivity index (χ4n) is 11.7. The van der Waals surface area contributed by atoms with Gasteiger partial charge in [-0.3, -0.25) is 4.79 Å². The molecule has 5 aliphatic rings. The number of carbonyl (C=O) groups excluding carboxylic acids is 1. The summed E-state index contributed by atoms with van der Waals surface area (Å²) in [5.74, 6) is 4.66. The van der Waals surface area contributed by atoms with E-state index in [1.807, 2.05) is 0 Å². The molecule has 1 aliphatic heterocycles. The largest absolute Gasteiger partial charge is 0.393 e. The first-order valence-electron chi connectivity index (χ1n) is 17.4. The van der Waals surface area contributed by atoms with E-state index in [9.17, 15) is 25.2 Å². The average Bonchev–Trinajstić information content (AvgIpc) is 3.29. The summed E-state index contributed by atoms with van der Waals surface area (Å²) in [6.07, 6.45) is 10.2. The van der Waals surface area contributed by atoms with Crippen LogP contribution in [0, 0.1) is 58.2 Å². The summed E-state index contributed by atoms with van der Waals surface area (Å²) in [5, 5.41) is 46.1. The maximum Gasteiger partial charge on any atom is 0.217 e. The molecule has 7 nitrogen and oxygen atoms in total. The second-order valence-corrected chi connectivity index (χ2v) is 16.4. The highest BCUT2D eigenvalue weighted by molar-refractivity contribution is 5.73. The molecule has 2 unspecified atom stereocenters. The third-order valence-electron chi connectivity index (χ3n) is 14.0. The molecule has 0 spiro atoms. The van der Waals surface area contributed by atoms with Gasteiger partial charge in [0.2, 0.25) is 5.91 Å². The first-order chi connectivity index (χ1) is 19.8. The van der Waals surface area contributed by atoms with Crippen molar-refractivity contribution in [1.82, 2.24) is 5.32 Å². The third-order valence-corrected chi connectivity index (χ3v) is 14.0. The molecule has 1 saturated heterocycles. The summed E-state index contributed by atoms with van der Waals surface area (Å²) in [6, 6.07) is -1.13. The SMILES string of the molecule is CC(=O)N[C@H]1[C@@H](O)[C@H](O)[C@](CO)(C2CC[C@@]3(C)C(CC[C@H]4[C@@H]5CC[C@H]([C@H](C)CCCC(C)C)[C@@]5(C)CC[C@@H]43)C2)O[C@@H]1O. The number of ether oxygens (including phenoxy) is 1. The van der Waals surface area contributed by atoms with Crippen molar-refractivity contribution >= 4 is 5.91 Å². The lowest BCUT2D eigenvalue weighted by Gasteiger charge is -2.63. The van der Waals surface area contributed by atoms with Crippen molar-refractivity contribution in [3.63, 3.8) is 0 Å². The van der Waals surface area contributed by atoms with E-state index in [4.69, 9.17) is 4.74 Å². The smallest absolute Gasteiger partial charge is 0.217 e. The average molecular weight is 592 g/mol. The van der Waals surface area contributed by atoms with E-state index in [2.05, 4.69) is 39.9 Å². The Hall–Kier alpha value is -0.730. The molecule has 0 aromatic heterocycles. The van der Waals surface area contributed by atoms with Crippen molar-refractivity contribution in [3.8, 4) is 0 Å². The van der Waals surface area contributed by atoms with Crippen molar-refractivity contribution in [3.05, 3.63) is 0 Å². The van der Waals surface area contributed by atoms with E-state index in [0.29, 0.717) is 17.3 Å². The summed E-state index contributed by atoms with van der Waals surface area (Å²) in [6.45, 7) is 13.2. The molecule has 5 fully saturated rings. The number of hydrogen-bond donors (Lipinski definition) is 5. The fourth-order valence-corrected chi connectivity index (χ4v) is 11.7. The zero-order chi connectivity index (χ0) is 30.6. The van der Waals surface area contributed by atoms with Crippen LogP contribution < -0.4 is 5.32 Å². The molecule has 4 aliphatic carbocycles. The molecular formula is C35H61NO6. The Morgan fingerprint density at radius 1 is 0.905 bits per heavy atom. The zero-order valence-corrected chi connectivity index (χ0v) is 27.2. The maximum atomic E-state index is 11.6. The highest BCUT2D eigenvalue weighted by atomic mass is 16.6. The second kappa shape index (κ2) is 12.2. The van der Waals surface area contributed by atoms with Gasteiger partial charge in [0.1, 0.15) is 23.9 Å². The molecule has 7 heteroatoms. The lowest BCUT2D eigenvalue weighted by atomic mass is 9.43. The Morgan fingerprint density at radius 3 is 2.26 bits per heavy atom. The van der Waals surface area contributed by atoms with Gasteiger partial charge in [0.05, 0.1) is 6.61 Å². The Morgan fingerprint density at radius 2 is 1.60 bits per heavy atom. The lowest BCUT2D eigenvalue weighted by Crippen LogP contribution is -2.72. The molecule has 1 heterocycles. The van der Waals surface area contributed by atoms with Gasteiger partial charge in [0, 0.05) is 6.92 Å². The van der Waals surface area contributed by atoms with Gasteiger partial charge in [-0.2, -0.15) is 0 Å². The van der Waals surface area contributed by atoms with Crippen LogP contribution in [0.3, 0.4) is 0 Å². The first-order valence-corrected chi connectivity index (χ1v) is 17.4. The second-order valence-electron chi connectivity index (χ2n) is 16.4. The normalized spacial score (nSPS) is 49.6. The van der Waals surface area contributed by atoms with Crippen LogP contribution in [0.4, 0.5) is 0 Å². The fraction of sp³-hybridized carbons (Fsp3) is 0.971. The van der Waals surface area contributed by atoms with Crippen LogP contribution in [-0.4, -0.2) is 63.1 Å². The number of aliphatic hydroxyl groups is 4. The van der Waals surface area contributed by atoms with E-state index in [0.717, 1.165) is 55.3 Å². The third kappa shape index (κ3) is 5.39. The van der Waals surface area contributed by atoms with Crippen LogP contribution in [0.15, 0.2) is 0 Å². The van der Waals surface area contributed by atoms with E-state index in [1.165, 1.54) is 58.3 Å². The van der Waals surface area contributed by atoms with Gasteiger partial charge in [0.15, 0.2) is 6.29 Å². The van der Waals surface area contributed by atoms with Crippen molar-refractivity contribution in [2.45, 2.75) is 149 Å². The van der Waals surface area contributed by atoms with Crippen molar-refractivity contribution in [2.24, 2.45) is 58.2 Å². The van der Waals surface area contributed by atoms with Crippen molar-refractivity contribution < 1.29 is 30.0 Å². The van der Waals surface area contributed by atoms with Crippen molar-refractivity contribution in [1.29, 1.82) is 0 Å². The molecule has 0 aromatic rings. The van der Waals surface area contributed by atoms with Crippen LogP contribution >= 0.6 is 0 Å². The van der Waals surface area contributed by atoms with Gasteiger partial charge in [0.25, 0.3) is 0 Å². The molecule has 242 valence electrons. The minimum absolute atomic E-state index is 0.175. The Kier molecular flexibility index (Phi) is 9.51. The molecule has 14 atom stereocenters. The highest BCUT2D eigenvalue weighted by Crippen LogP contribution is 2.69. The van der Waals surface area contributed by atoms with E-state index in [1.54, 1.807) is 0 Å². The monoisotopic (exact) mass is 591 g/mol. The summed E-state index contributed by atoms with van der Waals surface area (Å²) >= 11 is 0. The Bertz CT molecular complexity index is 960. The zero-order valence-electron chi connectivity index (χ0n) is 27.2. The predicted octanol–water partition coefficient (Wildman–Crippen LogP) is 5.03. The number of amides is 1. The van der Waals surface area contributed by atoms with Crippen molar-refractivity contribution in [2.75, 3.05) is 6.61 Å². The molecule has 0 aromatic carbocycles. The molecule has 42 heavy (non-hydrogen) atoms. The minimum Gasteiger partial charge on any atom is -0.393 e. The standard InChI is InChI=1S/C35H61NO6/c1-20(2)8-7-9-21(3)26-12-13-27-25-11-10-23-18-24(14-16-33(23,5)28(25)15-17-34(26,27)6)35(19-37)31(40)30(39)29(32(41)42-35)36-22(4)38/h20-21,23-32,37,39-41H,7-19H2,1-6H3,(H,36,38)/t21-,23?,24?,25+,26-,27+,28+,29+,30-,31+,32+,33+,34-,35+/m1/s1. The maximum absolute atomic E-state index is 11.6. The summed E-state index contributed by atoms with van der Waals surface area (Å²) in [5.41, 5.74) is -0.744. The first kappa shape index (κ1) is 32.7. The van der Waals surface area contributed by atoms with Crippen LogP contribution in [0.5, 0.6) is 0 Å². The molecule has 5 rings (SSSR count). The van der Waals surface area contributed by atoms with Gasteiger partial charge in [-0.1, -0.05) is 53.9 Å². The lowest BCUT2D eigenvalue weighted by molar-refractivity contribution is -0.322. The van der Waals surface area contributed by atoms with Gasteiger partial charge in [-0.15, -0.1) is 0 Å². The molecule has 0 radical (unpaired) electrons. The topological polar surface area (TPSA) is 119 Å². The minimum atomic E-state index is -1.50. The van der Waals surface area contributed by atoms with E-state index >= 15 is 0 Å². The Labute approximate surface area is 254 Å². The van der Waals surface area contributed by atoms with E-state index < -0.39 is 42.7 Å². The number of rotatable bonds is 8. The van der Waals surface area contributed by atoms with Gasteiger partial charge < -0.3 is 30.5 Å². The number of aliphatic hydroxyl groups excluding tert-OH is 4. The van der Waals surface area contributed by atoms with Gasteiger partial charge >= 0.3 is 0 Å². The number of fused-ring (bicyclic) bond motifs is 5. The number of carbonyl (C=O) groups is 1. The van der Waals surface area contributed by atoms with Crippen LogP contribution in [0.1, 0.15) is 119 Å². The molecule has 1 amide bonds. The predicted molar refractivity (Wildman–Crippen MR) is 163 cm³/mol.